The van der Waals surface area contributed by atoms with Crippen LogP contribution in [-0.4, -0.2) is 31.4 Å². The molecule has 8 heteroatoms. The summed E-state index contributed by atoms with van der Waals surface area (Å²) in [6.45, 7) is 7.65. The number of carbonyl (C=O) groups is 2. The molecule has 0 radical (unpaired) electrons. The molecule has 2 aromatic carbocycles. The minimum absolute atomic E-state index is 0.0152. The average molecular weight is 405 g/mol. The Balaban J connectivity index is 1.80. The van der Waals surface area contributed by atoms with Gasteiger partial charge in [0.1, 0.15) is 6.04 Å². The minimum atomic E-state index is -0.925. The SMILES string of the molecule is CCN(CC)c1ccc(C(=O)NNC(=O)C[NH2+][C@H](C)c2ccc(F)c(F)c2)cc1. The fourth-order valence-corrected chi connectivity index (χ4v) is 2.88. The Hall–Kier alpha value is -3.00. The van der Waals surface area contributed by atoms with Crippen molar-refractivity contribution in [2.45, 2.75) is 26.8 Å². The van der Waals surface area contributed by atoms with E-state index in [1.807, 2.05) is 12.1 Å². The molecule has 0 saturated carbocycles. The first-order valence-electron chi connectivity index (χ1n) is 9.58. The molecule has 2 amide bonds. The van der Waals surface area contributed by atoms with Crippen molar-refractivity contribution in [1.29, 1.82) is 0 Å². The number of hydrogen-bond donors (Lipinski definition) is 3. The van der Waals surface area contributed by atoms with Gasteiger partial charge in [0.15, 0.2) is 18.2 Å². The molecule has 0 unspecified atom stereocenters. The Morgan fingerprint density at radius 3 is 2.24 bits per heavy atom. The summed E-state index contributed by atoms with van der Waals surface area (Å²) >= 11 is 0. The van der Waals surface area contributed by atoms with Crippen LogP contribution in [0.2, 0.25) is 0 Å². The Bertz CT molecular complexity index is 839. The first-order valence-corrected chi connectivity index (χ1v) is 9.58. The largest absolute Gasteiger partial charge is 0.372 e. The van der Waals surface area contributed by atoms with Crippen molar-refractivity contribution in [1.82, 2.24) is 10.9 Å². The molecule has 0 fully saturated rings. The predicted octanol–water partition coefficient (Wildman–Crippen LogP) is 1.90. The molecule has 0 heterocycles. The van der Waals surface area contributed by atoms with Gasteiger partial charge in [0.2, 0.25) is 0 Å². The standard InChI is InChI=1S/C21H26F2N4O2/c1-4-27(5-2)17-9-6-15(7-10-17)21(29)26-25-20(28)13-24-14(3)16-8-11-18(22)19(23)12-16/h6-12,14,24H,4-5,13H2,1-3H3,(H,25,28)(H,26,29)/p+1/t14-/m1/s1. The third-order valence-electron chi connectivity index (χ3n) is 4.70. The number of benzene rings is 2. The number of nitrogens with two attached hydrogens (primary N) is 1. The zero-order chi connectivity index (χ0) is 21.4. The number of nitrogens with one attached hydrogen (secondary N) is 2. The first-order chi connectivity index (χ1) is 13.8. The third kappa shape index (κ3) is 6.25. The van der Waals surface area contributed by atoms with Crippen molar-refractivity contribution in [2.24, 2.45) is 0 Å². The summed E-state index contributed by atoms with van der Waals surface area (Å²) < 4.78 is 26.3. The van der Waals surface area contributed by atoms with Crippen molar-refractivity contribution in [2.75, 3.05) is 24.5 Å². The van der Waals surface area contributed by atoms with Crippen LogP contribution in [0.3, 0.4) is 0 Å². The van der Waals surface area contributed by atoms with Crippen LogP contribution >= 0.6 is 0 Å². The van der Waals surface area contributed by atoms with Crippen LogP contribution in [0, 0.1) is 11.6 Å². The highest BCUT2D eigenvalue weighted by atomic mass is 19.2. The zero-order valence-corrected chi connectivity index (χ0v) is 16.8. The van der Waals surface area contributed by atoms with Crippen LogP contribution in [0.15, 0.2) is 42.5 Å². The second-order valence-electron chi connectivity index (χ2n) is 6.62. The van der Waals surface area contributed by atoms with E-state index in [2.05, 4.69) is 29.6 Å². The number of rotatable bonds is 8. The van der Waals surface area contributed by atoms with Gasteiger partial charge in [-0.1, -0.05) is 0 Å². The lowest BCUT2D eigenvalue weighted by molar-refractivity contribution is -0.682. The average Bonchev–Trinajstić information content (AvgIpc) is 2.73. The second kappa shape index (κ2) is 10.5. The maximum Gasteiger partial charge on any atom is 0.293 e. The molecule has 0 saturated heterocycles. The summed E-state index contributed by atoms with van der Waals surface area (Å²) in [5.74, 6) is -2.66. The smallest absolute Gasteiger partial charge is 0.293 e. The van der Waals surface area contributed by atoms with Crippen LogP contribution < -0.4 is 21.1 Å². The number of amides is 2. The van der Waals surface area contributed by atoms with Gasteiger partial charge in [-0.25, -0.2) is 8.78 Å². The molecule has 156 valence electrons. The summed E-state index contributed by atoms with van der Waals surface area (Å²) in [5, 5.41) is 1.66. The van der Waals surface area contributed by atoms with Gasteiger partial charge in [-0.2, -0.15) is 0 Å². The van der Waals surface area contributed by atoms with Crippen molar-refractivity contribution in [3.8, 4) is 0 Å². The summed E-state index contributed by atoms with van der Waals surface area (Å²) in [6, 6.07) is 10.5. The summed E-state index contributed by atoms with van der Waals surface area (Å²) in [7, 11) is 0. The van der Waals surface area contributed by atoms with Crippen LogP contribution in [0.25, 0.3) is 0 Å². The minimum Gasteiger partial charge on any atom is -0.372 e. The van der Waals surface area contributed by atoms with Crippen LogP contribution in [0.1, 0.15) is 42.7 Å². The molecule has 0 aliphatic carbocycles. The van der Waals surface area contributed by atoms with Crippen molar-refractivity contribution in [3.05, 3.63) is 65.2 Å². The van der Waals surface area contributed by atoms with E-state index in [4.69, 9.17) is 0 Å². The highest BCUT2D eigenvalue weighted by Crippen LogP contribution is 2.15. The van der Waals surface area contributed by atoms with Gasteiger partial charge in [-0.15, -0.1) is 0 Å². The van der Waals surface area contributed by atoms with Crippen molar-refractivity contribution >= 4 is 17.5 Å². The number of nitrogens with zero attached hydrogens (tertiary/aromatic N) is 1. The van der Waals surface area contributed by atoms with Gasteiger partial charge < -0.3 is 10.2 Å². The molecular weight excluding hydrogens is 378 g/mol. The summed E-state index contributed by atoms with van der Waals surface area (Å²) in [5.41, 5.74) is 6.75. The zero-order valence-electron chi connectivity index (χ0n) is 16.8. The fraction of sp³-hybridized carbons (Fsp3) is 0.333. The van der Waals surface area contributed by atoms with E-state index in [1.54, 1.807) is 24.4 Å². The van der Waals surface area contributed by atoms with Crippen LogP contribution in [0.5, 0.6) is 0 Å². The Labute approximate surface area is 169 Å². The lowest BCUT2D eigenvalue weighted by atomic mass is 10.1. The van der Waals surface area contributed by atoms with Gasteiger partial charge >= 0.3 is 0 Å². The van der Waals surface area contributed by atoms with E-state index in [9.17, 15) is 18.4 Å². The van der Waals surface area contributed by atoms with Gasteiger partial charge in [0, 0.05) is 29.9 Å². The molecule has 29 heavy (non-hydrogen) atoms. The van der Waals surface area contributed by atoms with E-state index >= 15 is 0 Å². The van der Waals surface area contributed by atoms with Gasteiger partial charge in [0.05, 0.1) is 0 Å². The summed E-state index contributed by atoms with van der Waals surface area (Å²) in [4.78, 5) is 26.3. The molecule has 4 N–H and O–H groups in total. The van der Waals surface area contributed by atoms with E-state index in [0.29, 0.717) is 11.1 Å². The number of quaternary nitrogens is 1. The number of hydrazine groups is 1. The lowest BCUT2D eigenvalue weighted by Gasteiger charge is -2.21. The quantitative estimate of drug-likeness (QED) is 0.587. The molecule has 2 aromatic rings. The lowest BCUT2D eigenvalue weighted by Crippen LogP contribution is -2.87. The molecule has 0 aliphatic heterocycles. The molecule has 6 nitrogen and oxygen atoms in total. The summed E-state index contributed by atoms with van der Waals surface area (Å²) in [6.07, 6.45) is 0. The predicted molar refractivity (Wildman–Crippen MR) is 107 cm³/mol. The number of halogens is 2. The van der Waals surface area contributed by atoms with E-state index in [0.717, 1.165) is 30.9 Å². The molecular formula is C21H27F2N4O2+. The number of hydrogen-bond acceptors (Lipinski definition) is 3. The topological polar surface area (TPSA) is 78.1 Å². The van der Waals surface area contributed by atoms with Crippen LogP contribution in [-0.2, 0) is 4.79 Å². The monoisotopic (exact) mass is 405 g/mol. The highest BCUT2D eigenvalue weighted by molar-refractivity contribution is 5.95. The fourth-order valence-electron chi connectivity index (χ4n) is 2.88. The normalized spacial score (nSPS) is 11.6. The van der Waals surface area contributed by atoms with E-state index < -0.39 is 23.4 Å². The van der Waals surface area contributed by atoms with E-state index in [1.165, 1.54) is 6.07 Å². The molecule has 0 bridgehead atoms. The third-order valence-corrected chi connectivity index (χ3v) is 4.70. The molecule has 0 aliphatic rings. The van der Waals surface area contributed by atoms with Crippen molar-refractivity contribution < 1.29 is 23.7 Å². The van der Waals surface area contributed by atoms with E-state index in [-0.39, 0.29) is 12.6 Å². The van der Waals surface area contributed by atoms with Crippen molar-refractivity contribution in [3.63, 3.8) is 0 Å². The van der Waals surface area contributed by atoms with Crippen LogP contribution in [0.4, 0.5) is 14.5 Å². The van der Waals surface area contributed by atoms with Gasteiger partial charge in [0.25, 0.3) is 11.8 Å². The maximum absolute atomic E-state index is 13.3. The number of anilines is 1. The molecule has 1 atom stereocenters. The Morgan fingerprint density at radius 1 is 1.00 bits per heavy atom. The Kier molecular flexibility index (Phi) is 8.09. The molecule has 0 spiro atoms. The maximum atomic E-state index is 13.3. The second-order valence-corrected chi connectivity index (χ2v) is 6.62. The molecule has 2 rings (SSSR count). The van der Waals surface area contributed by atoms with Gasteiger partial charge in [-0.05, 0) is 63.2 Å². The first kappa shape index (κ1) is 22.3. The van der Waals surface area contributed by atoms with Gasteiger partial charge in [-0.3, -0.25) is 20.4 Å². The highest BCUT2D eigenvalue weighted by Gasteiger charge is 2.14. The number of carbonyl (C=O) groups excluding carboxylic acids is 2. The Morgan fingerprint density at radius 2 is 1.66 bits per heavy atom. The molecule has 0 aromatic heterocycles.